The van der Waals surface area contributed by atoms with Gasteiger partial charge in [0.05, 0.1) is 6.10 Å². The van der Waals surface area contributed by atoms with Crippen LogP contribution in [0.2, 0.25) is 0 Å². The fourth-order valence-corrected chi connectivity index (χ4v) is 7.43. The molecule has 0 spiro atoms. The molecule has 0 bridgehead atoms. The number of ketones is 1. The summed E-state index contributed by atoms with van der Waals surface area (Å²) in [6.07, 6.45) is 6.99. The Morgan fingerprint density at radius 3 is 2.52 bits per heavy atom. The molecule has 0 aromatic heterocycles. The number of hydrogen-bond donors (Lipinski definition) is 1. The third-order valence-corrected chi connectivity index (χ3v) is 8.72. The highest BCUT2D eigenvalue weighted by Crippen LogP contribution is 2.66. The molecule has 25 heavy (non-hydrogen) atoms. The summed E-state index contributed by atoms with van der Waals surface area (Å²) < 4.78 is 5.69. The smallest absolute Gasteiger partial charge is 0.302 e. The molecule has 1 N–H and O–H groups in total. The summed E-state index contributed by atoms with van der Waals surface area (Å²) in [7, 11) is 0. The van der Waals surface area contributed by atoms with Crippen LogP contribution in [0.4, 0.5) is 0 Å². The molecule has 140 valence electrons. The Morgan fingerprint density at radius 2 is 1.80 bits per heavy atom. The van der Waals surface area contributed by atoms with Gasteiger partial charge in [-0.2, -0.15) is 0 Å². The van der Waals surface area contributed by atoms with Crippen molar-refractivity contribution in [3.8, 4) is 0 Å². The molecular weight excluding hydrogens is 316 g/mol. The molecule has 4 nitrogen and oxygen atoms in total. The molecule has 4 saturated carbocycles. The lowest BCUT2D eigenvalue weighted by molar-refractivity contribution is -0.176. The van der Waals surface area contributed by atoms with Crippen LogP contribution in [0.5, 0.6) is 0 Å². The number of Topliss-reactive ketones (excluding diaryl/α,β-unsaturated/α-hetero) is 1. The van der Waals surface area contributed by atoms with Gasteiger partial charge in [-0.1, -0.05) is 13.8 Å². The van der Waals surface area contributed by atoms with Crippen molar-refractivity contribution in [2.24, 2.45) is 34.5 Å². The predicted octanol–water partition coefficient (Wildman–Crippen LogP) is 3.50. The second-order valence-electron chi connectivity index (χ2n) is 9.75. The lowest BCUT2D eigenvalue weighted by Crippen LogP contribution is -2.58. The van der Waals surface area contributed by atoms with Crippen molar-refractivity contribution in [1.82, 2.24) is 0 Å². The molecule has 0 radical (unpaired) electrons. The van der Waals surface area contributed by atoms with Gasteiger partial charge in [0.15, 0.2) is 0 Å². The summed E-state index contributed by atoms with van der Waals surface area (Å²) in [5.74, 6) is 1.93. The Bertz CT molecular complexity index is 586. The van der Waals surface area contributed by atoms with Crippen molar-refractivity contribution in [1.29, 1.82) is 0 Å². The van der Waals surface area contributed by atoms with E-state index < -0.39 is 0 Å². The molecule has 8 atom stereocenters. The first-order valence-electron chi connectivity index (χ1n) is 10.1. The predicted molar refractivity (Wildman–Crippen MR) is 93.7 cm³/mol. The van der Waals surface area contributed by atoms with Crippen molar-refractivity contribution in [2.45, 2.75) is 84.3 Å². The van der Waals surface area contributed by atoms with E-state index in [4.69, 9.17) is 4.74 Å². The van der Waals surface area contributed by atoms with E-state index in [0.717, 1.165) is 38.5 Å². The molecule has 0 unspecified atom stereocenters. The number of hydrogen-bond acceptors (Lipinski definition) is 4. The van der Waals surface area contributed by atoms with Gasteiger partial charge < -0.3 is 9.84 Å². The minimum Gasteiger partial charge on any atom is -0.462 e. The van der Waals surface area contributed by atoms with Crippen LogP contribution in [0, 0.1) is 34.5 Å². The highest BCUT2D eigenvalue weighted by molar-refractivity contribution is 5.79. The van der Waals surface area contributed by atoms with Crippen LogP contribution in [0.1, 0.15) is 72.1 Å². The molecule has 0 amide bonds. The van der Waals surface area contributed by atoms with E-state index in [9.17, 15) is 14.7 Å². The van der Waals surface area contributed by atoms with Gasteiger partial charge in [0, 0.05) is 25.2 Å². The Balaban J connectivity index is 1.62. The molecule has 4 aliphatic carbocycles. The number of ether oxygens (including phenoxy) is 1. The van der Waals surface area contributed by atoms with Crippen LogP contribution in [0.15, 0.2) is 0 Å². The number of aliphatic hydroxyl groups excluding tert-OH is 1. The second kappa shape index (κ2) is 5.80. The van der Waals surface area contributed by atoms with E-state index in [0.29, 0.717) is 36.4 Å². The third-order valence-electron chi connectivity index (χ3n) is 8.72. The van der Waals surface area contributed by atoms with Crippen LogP contribution < -0.4 is 0 Å². The lowest BCUT2D eigenvalue weighted by atomic mass is 9.44. The Morgan fingerprint density at radius 1 is 1.08 bits per heavy atom. The summed E-state index contributed by atoms with van der Waals surface area (Å²) in [5, 5.41) is 10.9. The van der Waals surface area contributed by atoms with E-state index in [1.807, 2.05) is 0 Å². The summed E-state index contributed by atoms with van der Waals surface area (Å²) in [6, 6.07) is 0. The van der Waals surface area contributed by atoms with Crippen molar-refractivity contribution in [2.75, 3.05) is 0 Å². The monoisotopic (exact) mass is 348 g/mol. The van der Waals surface area contributed by atoms with Crippen molar-refractivity contribution in [3.63, 3.8) is 0 Å². The van der Waals surface area contributed by atoms with Gasteiger partial charge in [-0.15, -0.1) is 0 Å². The van der Waals surface area contributed by atoms with Crippen molar-refractivity contribution in [3.05, 3.63) is 0 Å². The highest BCUT2D eigenvalue weighted by Gasteiger charge is 2.62. The zero-order valence-electron chi connectivity index (χ0n) is 15.8. The molecule has 4 heteroatoms. The maximum absolute atomic E-state index is 12.0. The maximum atomic E-state index is 12.0. The van der Waals surface area contributed by atoms with Crippen LogP contribution in [0.25, 0.3) is 0 Å². The van der Waals surface area contributed by atoms with E-state index >= 15 is 0 Å². The van der Waals surface area contributed by atoms with Gasteiger partial charge in [-0.05, 0) is 67.6 Å². The van der Waals surface area contributed by atoms with E-state index in [-0.39, 0.29) is 34.9 Å². The van der Waals surface area contributed by atoms with E-state index in [1.165, 1.54) is 6.92 Å². The lowest BCUT2D eigenvalue weighted by Gasteiger charge is -2.61. The van der Waals surface area contributed by atoms with Crippen molar-refractivity contribution < 1.29 is 19.4 Å². The second-order valence-corrected chi connectivity index (χ2v) is 9.75. The quantitative estimate of drug-likeness (QED) is 0.737. The number of carbonyl (C=O) groups is 2. The first-order chi connectivity index (χ1) is 11.8. The number of fused-ring (bicyclic) bond motifs is 5. The van der Waals surface area contributed by atoms with Crippen LogP contribution in [0.3, 0.4) is 0 Å². The SMILES string of the molecule is CC(=O)O[C@@H]1CC[C@H]2[C@@H]3C[C@H](O)[C@H]4CC(=O)CC[C@]4(C)[C@H]3CC[C@]12C. The van der Waals surface area contributed by atoms with Gasteiger partial charge in [0.2, 0.25) is 0 Å². The fraction of sp³-hybridized carbons (Fsp3) is 0.905. The summed E-state index contributed by atoms with van der Waals surface area (Å²) >= 11 is 0. The topological polar surface area (TPSA) is 63.6 Å². The minimum atomic E-state index is -0.356. The fourth-order valence-electron chi connectivity index (χ4n) is 7.43. The molecule has 0 saturated heterocycles. The van der Waals surface area contributed by atoms with Crippen LogP contribution >= 0.6 is 0 Å². The third kappa shape index (κ3) is 2.50. The average molecular weight is 348 g/mol. The standard InChI is InChI=1S/C21H32O4/c1-12(22)25-19-5-4-15-14-11-18(24)17-10-13(23)6-8-20(17,2)16(14)7-9-21(15,19)3/h14-19,24H,4-11H2,1-3H3/t14-,15-,16-,17+,18-,19+,20+,21-/m0/s1. The molecule has 4 rings (SSSR count). The first kappa shape index (κ1) is 17.5. The number of rotatable bonds is 1. The van der Waals surface area contributed by atoms with E-state index in [1.54, 1.807) is 0 Å². The molecule has 0 aliphatic heterocycles. The zero-order chi connectivity index (χ0) is 18.0. The molecule has 0 heterocycles. The van der Waals surface area contributed by atoms with E-state index in [2.05, 4.69) is 13.8 Å². The Labute approximate surface area is 150 Å². The van der Waals surface area contributed by atoms with Gasteiger partial charge >= 0.3 is 5.97 Å². The summed E-state index contributed by atoms with van der Waals surface area (Å²) in [4.78, 5) is 23.5. The average Bonchev–Trinajstić information content (AvgIpc) is 2.86. The molecule has 4 aliphatic rings. The van der Waals surface area contributed by atoms with Crippen molar-refractivity contribution >= 4 is 11.8 Å². The highest BCUT2D eigenvalue weighted by atomic mass is 16.5. The maximum Gasteiger partial charge on any atom is 0.302 e. The Hall–Kier alpha value is -0.900. The molecule has 0 aromatic carbocycles. The Kier molecular flexibility index (Phi) is 4.06. The number of carbonyl (C=O) groups excluding carboxylic acids is 2. The van der Waals surface area contributed by atoms with Crippen LogP contribution in [-0.2, 0) is 14.3 Å². The summed E-state index contributed by atoms with van der Waals surface area (Å²) in [5.41, 5.74) is 0.150. The van der Waals surface area contributed by atoms with Gasteiger partial charge in [0.25, 0.3) is 0 Å². The zero-order valence-corrected chi connectivity index (χ0v) is 15.8. The van der Waals surface area contributed by atoms with Crippen LogP contribution in [-0.4, -0.2) is 29.1 Å². The van der Waals surface area contributed by atoms with Gasteiger partial charge in [0.1, 0.15) is 11.9 Å². The van der Waals surface area contributed by atoms with Gasteiger partial charge in [-0.25, -0.2) is 0 Å². The molecule has 4 fully saturated rings. The number of esters is 1. The largest absolute Gasteiger partial charge is 0.462 e. The molecule has 0 aromatic rings. The summed E-state index contributed by atoms with van der Waals surface area (Å²) in [6.45, 7) is 6.16. The molecular formula is C21H32O4. The first-order valence-corrected chi connectivity index (χ1v) is 10.1. The number of aliphatic hydroxyl groups is 1. The minimum absolute atomic E-state index is 0.0338. The normalized spacial score (nSPS) is 52.1. The van der Waals surface area contributed by atoms with Gasteiger partial charge in [-0.3, -0.25) is 9.59 Å².